The Morgan fingerprint density at radius 1 is 0.913 bits per heavy atom. The smallest absolute Gasteiger partial charge is 0.142 e. The molecule has 23 heavy (non-hydrogen) atoms. The minimum absolute atomic E-state index is 0.468. The van der Waals surface area contributed by atoms with Crippen LogP contribution in [0.3, 0.4) is 0 Å². The third kappa shape index (κ3) is 5.20. The Labute approximate surface area is 139 Å². The molecule has 0 amide bonds. The third-order valence-electron chi connectivity index (χ3n) is 3.76. The van der Waals surface area contributed by atoms with E-state index in [4.69, 9.17) is 15.2 Å². The third-order valence-corrected chi connectivity index (χ3v) is 3.76. The first-order valence-electron chi connectivity index (χ1n) is 8.28. The quantitative estimate of drug-likeness (QED) is 0.554. The van der Waals surface area contributed by atoms with Gasteiger partial charge in [-0.05, 0) is 55.0 Å². The zero-order chi connectivity index (χ0) is 16.7. The maximum atomic E-state index is 5.98. The number of aryl methyl sites for hydroxylation is 1. The summed E-state index contributed by atoms with van der Waals surface area (Å²) in [6.45, 7) is 7.83. The van der Waals surface area contributed by atoms with E-state index in [1.165, 1.54) is 11.1 Å². The van der Waals surface area contributed by atoms with E-state index in [-0.39, 0.29) is 0 Å². The fraction of sp³-hybridized carbons (Fsp3) is 0.400. The van der Waals surface area contributed by atoms with Crippen molar-refractivity contribution in [3.8, 4) is 11.5 Å². The Hall–Kier alpha value is -2.16. The van der Waals surface area contributed by atoms with Crippen LogP contribution >= 0.6 is 0 Å². The van der Waals surface area contributed by atoms with Crippen LogP contribution in [0.25, 0.3) is 0 Å². The topological polar surface area (TPSA) is 44.5 Å². The van der Waals surface area contributed by atoms with Crippen molar-refractivity contribution in [2.45, 2.75) is 39.5 Å². The average molecular weight is 313 g/mol. The molecule has 0 radical (unpaired) electrons. The molecule has 0 saturated heterocycles. The molecule has 0 bridgehead atoms. The minimum Gasteiger partial charge on any atom is -0.493 e. The summed E-state index contributed by atoms with van der Waals surface area (Å²) < 4.78 is 11.7. The Bertz CT molecular complexity index is 623. The predicted molar refractivity (Wildman–Crippen MR) is 96.3 cm³/mol. The molecule has 2 aromatic rings. The first kappa shape index (κ1) is 17.2. The average Bonchev–Trinajstić information content (AvgIpc) is 2.52. The van der Waals surface area contributed by atoms with Crippen LogP contribution in [0, 0.1) is 6.92 Å². The van der Waals surface area contributed by atoms with E-state index in [1.807, 2.05) is 24.3 Å². The first-order valence-corrected chi connectivity index (χ1v) is 8.28. The number of hydrogen-bond acceptors (Lipinski definition) is 3. The van der Waals surface area contributed by atoms with E-state index in [9.17, 15) is 0 Å². The zero-order valence-corrected chi connectivity index (χ0v) is 14.3. The number of para-hydroxylation sites is 2. The van der Waals surface area contributed by atoms with Gasteiger partial charge in [-0.15, -0.1) is 0 Å². The van der Waals surface area contributed by atoms with Crippen LogP contribution in [-0.4, -0.2) is 13.2 Å². The van der Waals surface area contributed by atoms with Crippen molar-refractivity contribution in [1.82, 2.24) is 0 Å². The van der Waals surface area contributed by atoms with Crippen LogP contribution < -0.4 is 15.2 Å². The summed E-state index contributed by atoms with van der Waals surface area (Å²) >= 11 is 0. The molecule has 0 aliphatic carbocycles. The summed E-state index contributed by atoms with van der Waals surface area (Å²) in [5.74, 6) is 2.23. The van der Waals surface area contributed by atoms with E-state index in [1.54, 1.807) is 0 Å². The van der Waals surface area contributed by atoms with Crippen LogP contribution in [0.5, 0.6) is 11.5 Å². The molecule has 0 aliphatic heterocycles. The Kier molecular flexibility index (Phi) is 6.33. The maximum absolute atomic E-state index is 5.98. The highest BCUT2D eigenvalue weighted by Crippen LogP contribution is 2.27. The summed E-state index contributed by atoms with van der Waals surface area (Å²) in [6, 6.07) is 14.0. The molecule has 0 aliphatic rings. The predicted octanol–water partition coefficient (Wildman–Crippen LogP) is 4.94. The van der Waals surface area contributed by atoms with Gasteiger partial charge in [0.25, 0.3) is 0 Å². The number of anilines is 1. The van der Waals surface area contributed by atoms with Crippen LogP contribution in [0.1, 0.15) is 43.7 Å². The summed E-state index contributed by atoms with van der Waals surface area (Å²) in [4.78, 5) is 0. The van der Waals surface area contributed by atoms with Crippen molar-refractivity contribution >= 4 is 5.69 Å². The molecular formula is C20H27NO2. The lowest BCUT2D eigenvalue weighted by atomic mass is 10.0. The molecule has 2 aromatic carbocycles. The molecule has 0 unspecified atom stereocenters. The number of nitrogens with two attached hydrogens (primary N) is 1. The number of nitrogen functional groups attached to an aromatic ring is 1. The van der Waals surface area contributed by atoms with E-state index in [0.717, 1.165) is 24.3 Å². The Morgan fingerprint density at radius 2 is 1.57 bits per heavy atom. The van der Waals surface area contributed by atoms with Crippen molar-refractivity contribution in [2.75, 3.05) is 18.9 Å². The van der Waals surface area contributed by atoms with Gasteiger partial charge >= 0.3 is 0 Å². The second kappa shape index (κ2) is 8.47. The van der Waals surface area contributed by atoms with Crippen molar-refractivity contribution in [3.63, 3.8) is 0 Å². The lowest BCUT2D eigenvalue weighted by Crippen LogP contribution is -2.05. The van der Waals surface area contributed by atoms with E-state index < -0.39 is 0 Å². The molecule has 0 aromatic heterocycles. The molecule has 0 atom stereocenters. The van der Waals surface area contributed by atoms with Crippen LogP contribution in [0.2, 0.25) is 0 Å². The minimum atomic E-state index is 0.468. The van der Waals surface area contributed by atoms with Gasteiger partial charge in [0.05, 0.1) is 18.9 Å². The second-order valence-electron chi connectivity index (χ2n) is 6.14. The molecule has 3 nitrogen and oxygen atoms in total. The molecule has 0 spiro atoms. The molecular weight excluding hydrogens is 286 g/mol. The van der Waals surface area contributed by atoms with Crippen molar-refractivity contribution in [3.05, 3.63) is 53.6 Å². The van der Waals surface area contributed by atoms with E-state index >= 15 is 0 Å². The fourth-order valence-electron chi connectivity index (χ4n) is 2.42. The number of hydrogen-bond donors (Lipinski definition) is 1. The van der Waals surface area contributed by atoms with Gasteiger partial charge in [-0.25, -0.2) is 0 Å². The summed E-state index contributed by atoms with van der Waals surface area (Å²) in [5.41, 5.74) is 9.03. The Morgan fingerprint density at radius 3 is 2.22 bits per heavy atom. The lowest BCUT2D eigenvalue weighted by molar-refractivity contribution is 0.265. The van der Waals surface area contributed by atoms with Gasteiger partial charge < -0.3 is 15.2 Å². The van der Waals surface area contributed by atoms with Gasteiger partial charge in [-0.3, -0.25) is 0 Å². The SMILES string of the molecule is Cc1ccc(C(C)C)c(OCCCCOc2ccccc2N)c1. The molecule has 0 saturated carbocycles. The molecule has 124 valence electrons. The molecule has 0 heterocycles. The number of rotatable bonds is 8. The molecule has 2 N–H and O–H groups in total. The van der Waals surface area contributed by atoms with Gasteiger partial charge in [0.1, 0.15) is 11.5 Å². The molecule has 0 fully saturated rings. The van der Waals surface area contributed by atoms with Crippen molar-refractivity contribution in [2.24, 2.45) is 0 Å². The number of ether oxygens (including phenoxy) is 2. The monoisotopic (exact) mass is 313 g/mol. The first-order chi connectivity index (χ1) is 11.1. The van der Waals surface area contributed by atoms with Gasteiger partial charge in [-0.1, -0.05) is 38.1 Å². The highest BCUT2D eigenvalue weighted by molar-refractivity contribution is 5.51. The van der Waals surface area contributed by atoms with Gasteiger partial charge in [0, 0.05) is 0 Å². The van der Waals surface area contributed by atoms with E-state index in [2.05, 4.69) is 39.0 Å². The standard InChI is InChI=1S/C20H27NO2/c1-15(2)17-11-10-16(3)14-20(17)23-13-7-6-12-22-19-9-5-4-8-18(19)21/h4-5,8-11,14-15H,6-7,12-13,21H2,1-3H3. The molecule has 2 rings (SSSR count). The second-order valence-corrected chi connectivity index (χ2v) is 6.14. The normalized spacial score (nSPS) is 10.8. The van der Waals surface area contributed by atoms with Crippen molar-refractivity contribution in [1.29, 1.82) is 0 Å². The fourth-order valence-corrected chi connectivity index (χ4v) is 2.42. The van der Waals surface area contributed by atoms with Crippen LogP contribution in [-0.2, 0) is 0 Å². The van der Waals surface area contributed by atoms with Crippen LogP contribution in [0.15, 0.2) is 42.5 Å². The van der Waals surface area contributed by atoms with Gasteiger partial charge in [0.15, 0.2) is 0 Å². The maximum Gasteiger partial charge on any atom is 0.142 e. The summed E-state index contributed by atoms with van der Waals surface area (Å²) in [6.07, 6.45) is 1.90. The summed E-state index contributed by atoms with van der Waals surface area (Å²) in [7, 11) is 0. The van der Waals surface area contributed by atoms with Crippen LogP contribution in [0.4, 0.5) is 5.69 Å². The highest BCUT2D eigenvalue weighted by atomic mass is 16.5. The van der Waals surface area contributed by atoms with E-state index in [0.29, 0.717) is 24.8 Å². The zero-order valence-electron chi connectivity index (χ0n) is 14.3. The Balaban J connectivity index is 1.74. The number of unbranched alkanes of at least 4 members (excludes halogenated alkanes) is 1. The number of benzene rings is 2. The van der Waals surface area contributed by atoms with Gasteiger partial charge in [0.2, 0.25) is 0 Å². The van der Waals surface area contributed by atoms with Gasteiger partial charge in [-0.2, -0.15) is 0 Å². The van der Waals surface area contributed by atoms with Crippen molar-refractivity contribution < 1.29 is 9.47 Å². The summed E-state index contributed by atoms with van der Waals surface area (Å²) in [5, 5.41) is 0. The largest absolute Gasteiger partial charge is 0.493 e. The lowest BCUT2D eigenvalue weighted by Gasteiger charge is -2.15. The highest BCUT2D eigenvalue weighted by Gasteiger charge is 2.08. The molecule has 3 heteroatoms.